The van der Waals surface area contributed by atoms with Gasteiger partial charge < -0.3 is 4.42 Å². The van der Waals surface area contributed by atoms with E-state index in [9.17, 15) is 23.3 Å². The number of carbonyl (C=O) groups excluding carboxylic acids is 1. The second-order valence-corrected chi connectivity index (χ2v) is 9.72. The van der Waals surface area contributed by atoms with Gasteiger partial charge in [-0.05, 0) is 47.9 Å². The van der Waals surface area contributed by atoms with Crippen LogP contribution < -0.4 is 9.73 Å². The molecule has 1 N–H and O–H groups in total. The lowest BCUT2D eigenvalue weighted by Gasteiger charge is -2.21. The highest BCUT2D eigenvalue weighted by Crippen LogP contribution is 2.24. The number of rotatable bonds is 9. The summed E-state index contributed by atoms with van der Waals surface area (Å²) >= 11 is 0. The Hall–Kier alpha value is -3.99. The van der Waals surface area contributed by atoms with Crippen molar-refractivity contribution in [3.05, 3.63) is 82.1 Å². The first-order valence-electron chi connectivity index (χ1n) is 10.3. The summed E-state index contributed by atoms with van der Waals surface area (Å²) in [6.07, 6.45) is 2.30. The molecule has 0 radical (unpaired) electrons. The van der Waals surface area contributed by atoms with E-state index < -0.39 is 27.4 Å². The molecule has 10 nitrogen and oxygen atoms in total. The number of nitrogens with one attached hydrogen (secondary N) is 1. The van der Waals surface area contributed by atoms with E-state index in [-0.39, 0.29) is 5.69 Å². The van der Waals surface area contributed by atoms with Crippen LogP contribution in [0.15, 0.2) is 70.2 Å². The van der Waals surface area contributed by atoms with E-state index in [1.165, 1.54) is 18.3 Å². The van der Waals surface area contributed by atoms with Gasteiger partial charge in [-0.1, -0.05) is 26.0 Å². The largest absolute Gasteiger partial charge is 0.455 e. The van der Waals surface area contributed by atoms with Gasteiger partial charge in [0.2, 0.25) is 10.0 Å². The van der Waals surface area contributed by atoms with Crippen LogP contribution in [0.25, 0.3) is 11.3 Å². The third kappa shape index (κ3) is 6.29. The highest BCUT2D eigenvalue weighted by atomic mass is 32.2. The summed E-state index contributed by atoms with van der Waals surface area (Å²) in [5.41, 5.74) is 4.34. The Morgan fingerprint density at radius 3 is 2.32 bits per heavy atom. The molecule has 0 aliphatic rings. The van der Waals surface area contributed by atoms with Crippen LogP contribution in [0.5, 0.6) is 0 Å². The molecule has 0 aliphatic carbocycles. The van der Waals surface area contributed by atoms with Gasteiger partial charge in [0, 0.05) is 17.7 Å². The van der Waals surface area contributed by atoms with Gasteiger partial charge in [-0.15, -0.1) is 0 Å². The molecular weight excluding hydrogens is 460 g/mol. The van der Waals surface area contributed by atoms with E-state index in [1.807, 2.05) is 26.0 Å². The fraction of sp³-hybridized carbons (Fsp3) is 0.217. The average molecular weight is 485 g/mol. The molecule has 0 bridgehead atoms. The Labute approximate surface area is 197 Å². The number of amides is 1. The van der Waals surface area contributed by atoms with Crippen molar-refractivity contribution >= 4 is 33.5 Å². The van der Waals surface area contributed by atoms with Crippen molar-refractivity contribution in [2.24, 2.45) is 5.10 Å². The molecule has 34 heavy (non-hydrogen) atoms. The molecule has 2 aromatic carbocycles. The SMILES string of the molecule is CC(C)c1ccc(N(CC(=O)NN=Cc2ccc(-c3ccc([N+](=O)[O-])cc3)o2)S(C)(=O)=O)cc1. The maximum absolute atomic E-state index is 12.3. The number of carbonyl (C=O) groups is 1. The van der Waals surface area contributed by atoms with Gasteiger partial charge in [-0.2, -0.15) is 5.10 Å². The van der Waals surface area contributed by atoms with Crippen molar-refractivity contribution in [1.82, 2.24) is 5.43 Å². The second kappa shape index (κ2) is 10.3. The lowest BCUT2D eigenvalue weighted by molar-refractivity contribution is -0.384. The lowest BCUT2D eigenvalue weighted by Crippen LogP contribution is -2.39. The van der Waals surface area contributed by atoms with Crippen LogP contribution in [0.1, 0.15) is 31.1 Å². The van der Waals surface area contributed by atoms with E-state index >= 15 is 0 Å². The van der Waals surface area contributed by atoms with Crippen molar-refractivity contribution in [3.63, 3.8) is 0 Å². The zero-order valence-electron chi connectivity index (χ0n) is 18.8. The predicted octanol–water partition coefficient (Wildman–Crippen LogP) is 3.89. The number of nitro benzene ring substituents is 1. The van der Waals surface area contributed by atoms with Crippen LogP contribution >= 0.6 is 0 Å². The number of benzene rings is 2. The monoisotopic (exact) mass is 484 g/mol. The molecule has 0 spiro atoms. The number of furan rings is 1. The average Bonchev–Trinajstić information content (AvgIpc) is 3.26. The van der Waals surface area contributed by atoms with E-state index in [1.54, 1.807) is 36.4 Å². The van der Waals surface area contributed by atoms with Gasteiger partial charge >= 0.3 is 0 Å². The molecule has 3 aromatic rings. The normalized spacial score (nSPS) is 11.6. The molecule has 3 rings (SSSR count). The maximum atomic E-state index is 12.3. The molecule has 0 atom stereocenters. The van der Waals surface area contributed by atoms with Gasteiger partial charge in [-0.25, -0.2) is 13.8 Å². The molecule has 1 aromatic heterocycles. The highest BCUT2D eigenvalue weighted by molar-refractivity contribution is 7.92. The van der Waals surface area contributed by atoms with Gasteiger partial charge in [0.15, 0.2) is 0 Å². The van der Waals surface area contributed by atoms with Crippen LogP contribution in [0.4, 0.5) is 11.4 Å². The standard InChI is InChI=1S/C23H24N4O6S/c1-16(2)17-4-8-19(9-5-17)26(34(3,31)32)15-23(28)25-24-14-21-12-13-22(33-21)18-6-10-20(11-7-18)27(29)30/h4-14,16H,15H2,1-3H3,(H,25,28). The van der Waals surface area contributed by atoms with Crippen molar-refractivity contribution in [2.45, 2.75) is 19.8 Å². The topological polar surface area (TPSA) is 135 Å². The van der Waals surface area contributed by atoms with E-state index in [0.29, 0.717) is 28.7 Å². The smallest absolute Gasteiger partial charge is 0.269 e. The minimum atomic E-state index is -3.70. The maximum Gasteiger partial charge on any atom is 0.269 e. The number of nitro groups is 1. The number of hydrogen-bond donors (Lipinski definition) is 1. The van der Waals surface area contributed by atoms with Gasteiger partial charge in [0.25, 0.3) is 11.6 Å². The minimum absolute atomic E-state index is 0.0289. The number of hydrogen-bond acceptors (Lipinski definition) is 7. The van der Waals surface area contributed by atoms with Gasteiger partial charge in [-0.3, -0.25) is 19.2 Å². The van der Waals surface area contributed by atoms with Crippen molar-refractivity contribution < 1.29 is 22.6 Å². The molecule has 0 fully saturated rings. The molecule has 0 aliphatic heterocycles. The van der Waals surface area contributed by atoms with Gasteiger partial charge in [0.05, 0.1) is 23.1 Å². The first-order valence-corrected chi connectivity index (χ1v) is 12.1. The van der Waals surface area contributed by atoms with Crippen molar-refractivity contribution in [2.75, 3.05) is 17.1 Å². The van der Waals surface area contributed by atoms with Crippen molar-refractivity contribution in [1.29, 1.82) is 0 Å². The van der Waals surface area contributed by atoms with Crippen molar-refractivity contribution in [3.8, 4) is 11.3 Å². The summed E-state index contributed by atoms with van der Waals surface area (Å²) in [6.45, 7) is 3.62. The Balaban J connectivity index is 1.64. The Morgan fingerprint density at radius 1 is 1.12 bits per heavy atom. The summed E-state index contributed by atoms with van der Waals surface area (Å²) in [5, 5.41) is 14.6. The molecule has 1 heterocycles. The summed E-state index contributed by atoms with van der Waals surface area (Å²) in [7, 11) is -3.70. The third-order valence-electron chi connectivity index (χ3n) is 4.91. The zero-order chi connectivity index (χ0) is 24.9. The van der Waals surface area contributed by atoms with E-state index in [4.69, 9.17) is 4.42 Å². The number of anilines is 1. The lowest BCUT2D eigenvalue weighted by atomic mass is 10.0. The fourth-order valence-corrected chi connectivity index (χ4v) is 3.94. The zero-order valence-corrected chi connectivity index (χ0v) is 19.7. The highest BCUT2D eigenvalue weighted by Gasteiger charge is 2.21. The first kappa shape index (κ1) is 24.6. The molecule has 0 unspecified atom stereocenters. The summed E-state index contributed by atoms with van der Waals surface area (Å²) < 4.78 is 31.1. The van der Waals surface area contributed by atoms with E-state index in [0.717, 1.165) is 16.1 Å². The fourth-order valence-electron chi connectivity index (χ4n) is 3.08. The Morgan fingerprint density at radius 2 is 1.76 bits per heavy atom. The molecule has 0 saturated carbocycles. The summed E-state index contributed by atoms with van der Waals surface area (Å²) in [6, 6.07) is 16.1. The van der Waals surface area contributed by atoms with Crippen LogP contribution in [0, 0.1) is 10.1 Å². The number of hydrazone groups is 1. The Kier molecular flexibility index (Phi) is 7.47. The van der Waals surface area contributed by atoms with Crippen LogP contribution in [0.3, 0.4) is 0 Å². The summed E-state index contributed by atoms with van der Waals surface area (Å²) in [4.78, 5) is 22.6. The Bertz CT molecular complexity index is 1300. The van der Waals surface area contributed by atoms with Gasteiger partial charge in [0.1, 0.15) is 18.1 Å². The predicted molar refractivity (Wildman–Crippen MR) is 129 cm³/mol. The summed E-state index contributed by atoms with van der Waals surface area (Å²) in [5.74, 6) is 0.464. The number of sulfonamides is 1. The molecule has 178 valence electrons. The molecule has 0 saturated heterocycles. The number of nitrogens with zero attached hydrogens (tertiary/aromatic N) is 3. The molecular formula is C23H24N4O6S. The number of non-ortho nitro benzene ring substituents is 1. The van der Waals surface area contributed by atoms with E-state index in [2.05, 4.69) is 10.5 Å². The molecule has 11 heteroatoms. The first-order chi connectivity index (χ1) is 16.0. The van der Waals surface area contributed by atoms with Crippen LogP contribution in [-0.4, -0.2) is 38.3 Å². The third-order valence-corrected chi connectivity index (χ3v) is 6.05. The van der Waals surface area contributed by atoms with Crippen LogP contribution in [0.2, 0.25) is 0 Å². The second-order valence-electron chi connectivity index (χ2n) is 7.82. The van der Waals surface area contributed by atoms with Crippen LogP contribution in [-0.2, 0) is 14.8 Å². The molecule has 1 amide bonds. The quantitative estimate of drug-likeness (QED) is 0.278. The minimum Gasteiger partial charge on any atom is -0.455 e.